The minimum Gasteiger partial charge on any atom is -0.333 e. The van der Waals surface area contributed by atoms with Gasteiger partial charge >= 0.3 is 0 Å². The number of hydrogen-bond acceptors (Lipinski definition) is 3. The van der Waals surface area contributed by atoms with Gasteiger partial charge in [-0.2, -0.15) is 0 Å². The molecule has 1 unspecified atom stereocenters. The van der Waals surface area contributed by atoms with Crippen molar-refractivity contribution in [2.75, 3.05) is 32.0 Å². The van der Waals surface area contributed by atoms with Crippen molar-refractivity contribution in [1.82, 2.24) is 4.90 Å². The Morgan fingerprint density at radius 1 is 1.20 bits per heavy atom. The number of anilines is 1. The summed E-state index contributed by atoms with van der Waals surface area (Å²) in [7, 11) is 1.85. The highest BCUT2D eigenvalue weighted by molar-refractivity contribution is 7.09. The van der Waals surface area contributed by atoms with E-state index in [1.54, 1.807) is 35.6 Å². The fourth-order valence-electron chi connectivity index (χ4n) is 2.41. The number of hydrogen-bond donors (Lipinski definition) is 2. The van der Waals surface area contributed by atoms with Crippen molar-refractivity contribution in [3.63, 3.8) is 0 Å². The smallest absolute Gasteiger partial charge is 0.279 e. The Labute approximate surface area is 157 Å². The number of nitrogens with zero attached hydrogens (tertiary/aromatic N) is 1. The maximum atomic E-state index is 12.5. The van der Waals surface area contributed by atoms with Crippen molar-refractivity contribution in [1.29, 1.82) is 0 Å². The lowest BCUT2D eigenvalue weighted by molar-refractivity contribution is -0.862. The number of thiophene rings is 1. The Morgan fingerprint density at radius 3 is 2.52 bits per heavy atom. The van der Waals surface area contributed by atoms with E-state index in [1.165, 1.54) is 0 Å². The van der Waals surface area contributed by atoms with Gasteiger partial charge in [-0.15, -0.1) is 11.3 Å². The summed E-state index contributed by atoms with van der Waals surface area (Å²) < 4.78 is 0. The molecule has 134 valence electrons. The number of carbonyl (C=O) groups excluding carboxylic acids is 2. The van der Waals surface area contributed by atoms with Gasteiger partial charge in [0, 0.05) is 22.1 Å². The predicted molar refractivity (Wildman–Crippen MR) is 102 cm³/mol. The van der Waals surface area contributed by atoms with Crippen molar-refractivity contribution in [3.05, 3.63) is 51.7 Å². The molecule has 0 bridgehead atoms. The highest BCUT2D eigenvalue weighted by atomic mass is 35.5. The van der Waals surface area contributed by atoms with Gasteiger partial charge in [-0.3, -0.25) is 9.59 Å². The fraction of sp³-hybridized carbons (Fsp3) is 0.333. The summed E-state index contributed by atoms with van der Waals surface area (Å²) in [5.74, 6) is -0.0818. The van der Waals surface area contributed by atoms with Crippen LogP contribution in [-0.2, 0) is 16.1 Å². The van der Waals surface area contributed by atoms with Gasteiger partial charge < -0.3 is 15.1 Å². The van der Waals surface area contributed by atoms with Gasteiger partial charge in [-0.25, -0.2) is 0 Å². The van der Waals surface area contributed by atoms with E-state index in [-0.39, 0.29) is 24.9 Å². The Bertz CT molecular complexity index is 689. The topological polar surface area (TPSA) is 53.9 Å². The fourth-order valence-corrected chi connectivity index (χ4v) is 3.26. The van der Waals surface area contributed by atoms with Crippen LogP contribution in [0.1, 0.15) is 11.8 Å². The summed E-state index contributed by atoms with van der Waals surface area (Å²) in [5.41, 5.74) is 0.696. The Hall–Kier alpha value is -1.89. The molecule has 0 aliphatic heterocycles. The van der Waals surface area contributed by atoms with E-state index in [2.05, 4.69) is 5.32 Å². The van der Waals surface area contributed by atoms with E-state index >= 15 is 0 Å². The first-order valence-corrected chi connectivity index (χ1v) is 9.40. The van der Waals surface area contributed by atoms with Crippen LogP contribution in [0.2, 0.25) is 5.02 Å². The molecule has 1 heterocycles. The van der Waals surface area contributed by atoms with Crippen LogP contribution in [0.5, 0.6) is 0 Å². The largest absolute Gasteiger partial charge is 0.333 e. The Balaban J connectivity index is 1.81. The van der Waals surface area contributed by atoms with Crippen LogP contribution in [0.15, 0.2) is 41.8 Å². The molecule has 1 aromatic heterocycles. The zero-order valence-electron chi connectivity index (χ0n) is 14.4. The number of rotatable bonds is 8. The normalized spacial score (nSPS) is 11.8. The number of nitrogens with one attached hydrogen (secondary N) is 2. The summed E-state index contributed by atoms with van der Waals surface area (Å²) in [6.07, 6.45) is 0. The third kappa shape index (κ3) is 6.49. The summed E-state index contributed by atoms with van der Waals surface area (Å²) in [6.45, 7) is 3.75. The number of halogens is 1. The summed E-state index contributed by atoms with van der Waals surface area (Å²) >= 11 is 7.47. The van der Waals surface area contributed by atoms with Gasteiger partial charge in [0.1, 0.15) is 0 Å². The molecule has 5 nitrogen and oxygen atoms in total. The molecule has 25 heavy (non-hydrogen) atoms. The SMILES string of the molecule is CCN(Cc1cccs1)C(=O)C[NH+](C)CC(=O)Nc1ccc(Cl)cc1. The molecule has 0 saturated heterocycles. The van der Waals surface area contributed by atoms with Gasteiger partial charge in [0.2, 0.25) is 0 Å². The first kappa shape index (κ1) is 19.4. The lowest BCUT2D eigenvalue weighted by Gasteiger charge is -2.22. The summed E-state index contributed by atoms with van der Waals surface area (Å²) in [5, 5.41) is 5.44. The van der Waals surface area contributed by atoms with Crippen molar-refractivity contribution in [2.24, 2.45) is 0 Å². The molecule has 0 aliphatic rings. The van der Waals surface area contributed by atoms with E-state index in [0.29, 0.717) is 23.8 Å². The molecule has 2 aromatic rings. The van der Waals surface area contributed by atoms with Crippen LogP contribution >= 0.6 is 22.9 Å². The molecule has 0 fully saturated rings. The zero-order chi connectivity index (χ0) is 18.2. The van der Waals surface area contributed by atoms with Crippen LogP contribution in [-0.4, -0.2) is 43.4 Å². The summed E-state index contributed by atoms with van der Waals surface area (Å²) in [4.78, 5) is 28.4. The van der Waals surface area contributed by atoms with E-state index in [0.717, 1.165) is 9.78 Å². The minimum absolute atomic E-state index is 0.0488. The second-order valence-electron chi connectivity index (χ2n) is 5.85. The molecule has 2 N–H and O–H groups in total. The quantitative estimate of drug-likeness (QED) is 0.735. The lowest BCUT2D eigenvalue weighted by Crippen LogP contribution is -3.11. The molecule has 7 heteroatoms. The standard InChI is InChI=1S/C18H22ClN3O2S/c1-3-22(11-16-5-4-10-25-16)18(24)13-21(2)12-17(23)20-15-8-6-14(19)7-9-15/h4-10H,3,11-13H2,1-2H3,(H,20,23)/p+1. The lowest BCUT2D eigenvalue weighted by atomic mass is 10.3. The number of amides is 2. The number of quaternary nitrogens is 1. The zero-order valence-corrected chi connectivity index (χ0v) is 16.0. The first-order chi connectivity index (χ1) is 12.0. The Kier molecular flexibility index (Phi) is 7.43. The van der Waals surface area contributed by atoms with Crippen molar-refractivity contribution in [3.8, 4) is 0 Å². The van der Waals surface area contributed by atoms with Gasteiger partial charge in [-0.05, 0) is 42.6 Å². The van der Waals surface area contributed by atoms with Crippen LogP contribution in [0.3, 0.4) is 0 Å². The molecular weight excluding hydrogens is 358 g/mol. The van der Waals surface area contributed by atoms with Gasteiger partial charge in [0.15, 0.2) is 13.1 Å². The Morgan fingerprint density at radius 2 is 1.92 bits per heavy atom. The average Bonchev–Trinajstić information content (AvgIpc) is 3.07. The molecule has 0 saturated carbocycles. The van der Waals surface area contributed by atoms with Gasteiger partial charge in [0.05, 0.1) is 13.6 Å². The monoisotopic (exact) mass is 380 g/mol. The van der Waals surface area contributed by atoms with Crippen molar-refractivity contribution < 1.29 is 14.5 Å². The number of carbonyl (C=O) groups is 2. The van der Waals surface area contributed by atoms with Crippen LogP contribution in [0.4, 0.5) is 5.69 Å². The predicted octanol–water partition coefficient (Wildman–Crippen LogP) is 1.90. The highest BCUT2D eigenvalue weighted by Gasteiger charge is 2.19. The highest BCUT2D eigenvalue weighted by Crippen LogP contribution is 2.13. The second kappa shape index (κ2) is 9.56. The molecule has 0 spiro atoms. The maximum absolute atomic E-state index is 12.5. The second-order valence-corrected chi connectivity index (χ2v) is 7.32. The van der Waals surface area contributed by atoms with Gasteiger partial charge in [-0.1, -0.05) is 17.7 Å². The summed E-state index contributed by atoms with van der Waals surface area (Å²) in [6, 6.07) is 11.0. The number of likely N-dealkylation sites (N-methyl/N-ethyl adjacent to an activating group) is 2. The third-order valence-corrected chi connectivity index (χ3v) is 4.82. The maximum Gasteiger partial charge on any atom is 0.279 e. The molecular formula is C18H23ClN3O2S+. The van der Waals surface area contributed by atoms with Crippen LogP contribution in [0, 0.1) is 0 Å². The molecule has 2 amide bonds. The van der Waals surface area contributed by atoms with E-state index in [9.17, 15) is 9.59 Å². The molecule has 0 aliphatic carbocycles. The molecule has 1 atom stereocenters. The number of benzene rings is 1. The van der Waals surface area contributed by atoms with Crippen LogP contribution < -0.4 is 10.2 Å². The van der Waals surface area contributed by atoms with Crippen molar-refractivity contribution >= 4 is 40.4 Å². The van der Waals surface area contributed by atoms with E-state index < -0.39 is 0 Å². The van der Waals surface area contributed by atoms with Crippen LogP contribution in [0.25, 0.3) is 0 Å². The van der Waals surface area contributed by atoms with E-state index in [4.69, 9.17) is 11.6 Å². The molecule has 1 aromatic carbocycles. The van der Waals surface area contributed by atoms with Gasteiger partial charge in [0.25, 0.3) is 11.8 Å². The minimum atomic E-state index is -0.131. The van der Waals surface area contributed by atoms with Crippen molar-refractivity contribution in [2.45, 2.75) is 13.5 Å². The first-order valence-electron chi connectivity index (χ1n) is 8.14. The van der Waals surface area contributed by atoms with E-state index in [1.807, 2.05) is 36.4 Å². The average molecular weight is 381 g/mol. The third-order valence-electron chi connectivity index (χ3n) is 3.70. The molecule has 2 rings (SSSR count). The molecule has 0 radical (unpaired) electrons.